The van der Waals surface area contributed by atoms with Crippen LogP contribution in [0.5, 0.6) is 23.0 Å². The highest BCUT2D eigenvalue weighted by Gasteiger charge is 2.33. The van der Waals surface area contributed by atoms with E-state index in [1.165, 1.54) is 0 Å². The van der Waals surface area contributed by atoms with Gasteiger partial charge in [-0.2, -0.15) is 0 Å². The number of benzene rings is 5. The van der Waals surface area contributed by atoms with Crippen molar-refractivity contribution >= 4 is 42.9 Å². The summed E-state index contributed by atoms with van der Waals surface area (Å²) in [6, 6.07) is 23.0. The van der Waals surface area contributed by atoms with E-state index in [0.717, 1.165) is 84.7 Å². The Hall–Kier alpha value is -7.34. The Morgan fingerprint density at radius 2 is 0.710 bits per heavy atom. The summed E-state index contributed by atoms with van der Waals surface area (Å²) >= 11 is 0. The molecule has 12 heteroatoms. The van der Waals surface area contributed by atoms with Crippen LogP contribution in [0, 0.1) is 5.41 Å². The second kappa shape index (κ2) is 29.1. The maximum atomic E-state index is 14.2. The molecule has 502 valence electrons. The average Bonchev–Trinajstić information content (AvgIpc) is 1.66. The number of rotatable bonds is 19. The lowest BCUT2D eigenvalue weighted by Gasteiger charge is -2.29. The van der Waals surface area contributed by atoms with Crippen molar-refractivity contribution in [1.82, 2.24) is 0 Å². The minimum absolute atomic E-state index is 0.0527. The van der Waals surface area contributed by atoms with E-state index in [4.69, 9.17) is 29.4 Å². The van der Waals surface area contributed by atoms with Gasteiger partial charge in [0, 0.05) is 74.8 Å². The quantitative estimate of drug-likeness (QED) is 0.0465. The Kier molecular flexibility index (Phi) is 22.9. The van der Waals surface area contributed by atoms with Gasteiger partial charge in [0.2, 0.25) is 0 Å². The number of ether oxygens (including phenoxy) is 2. The van der Waals surface area contributed by atoms with E-state index in [0.29, 0.717) is 50.9 Å². The number of aromatic hydroxyl groups is 4. The van der Waals surface area contributed by atoms with Crippen LogP contribution < -0.4 is 0 Å². The number of aliphatic imine (C=N–C) groups is 4. The summed E-state index contributed by atoms with van der Waals surface area (Å²) in [5.74, 6) is -0.253. The molecular weight excluding hydrogens is 1160 g/mol. The minimum Gasteiger partial charge on any atom is -0.507 e. The molecule has 5 aromatic rings. The van der Waals surface area contributed by atoms with Gasteiger partial charge in [-0.05, 0) is 122 Å². The number of phenols is 4. The summed E-state index contributed by atoms with van der Waals surface area (Å²) < 4.78 is 12.3. The third-order valence-electron chi connectivity index (χ3n) is 18.4. The molecule has 93 heavy (non-hydrogen) atoms. The number of carbonyl (C=O) groups excluding carboxylic acids is 2. The maximum Gasteiger partial charge on any atom is 0.310 e. The molecule has 4 atom stereocenters. The molecular formula is C81H110N4O8. The van der Waals surface area contributed by atoms with Crippen LogP contribution in [0.3, 0.4) is 0 Å². The number of esters is 2. The van der Waals surface area contributed by atoms with Gasteiger partial charge in [-0.25, -0.2) is 0 Å². The van der Waals surface area contributed by atoms with E-state index in [9.17, 15) is 30.0 Å². The highest BCUT2D eigenvalue weighted by Crippen LogP contribution is 2.41. The SMILES string of the molecule is C=Cc1ccc(CC(C)(COC(=O)Cc2cc(C=N[C@@H]3CCCC[C@H]3N=Cc3cc(C(C)(C)C)cc(C(C)(C)C)c3O)c(O)c(C(C)(C)C)c2)COC(=O)Cc2cc(C=N[C@@H]3CCCC[C@H]3N=Cc3cc(C(C)(C)C)cc(C(C)(C)C)c3O)c(O)c(C(C)(C)C)c2)cc1. The average molecular weight is 1270 g/mol. The summed E-state index contributed by atoms with van der Waals surface area (Å²) in [5.41, 5.74) is 8.38. The monoisotopic (exact) mass is 1270 g/mol. The highest BCUT2D eigenvalue weighted by atomic mass is 16.5. The Bertz CT molecular complexity index is 3390. The molecule has 0 aliphatic heterocycles. The van der Waals surface area contributed by atoms with Crippen LogP contribution in [0.1, 0.15) is 261 Å². The van der Waals surface area contributed by atoms with Crippen molar-refractivity contribution in [2.45, 2.75) is 259 Å². The predicted octanol–water partition coefficient (Wildman–Crippen LogP) is 17.8. The fourth-order valence-corrected chi connectivity index (χ4v) is 12.4. The lowest BCUT2D eigenvalue weighted by atomic mass is 9.79. The van der Waals surface area contributed by atoms with Crippen molar-refractivity contribution in [2.75, 3.05) is 13.2 Å². The Morgan fingerprint density at radius 3 is 0.989 bits per heavy atom. The molecule has 2 aliphatic rings. The van der Waals surface area contributed by atoms with Gasteiger partial charge in [-0.3, -0.25) is 29.6 Å². The molecule has 4 N–H and O–H groups in total. The van der Waals surface area contributed by atoms with Crippen LogP contribution in [0.15, 0.2) is 99.3 Å². The van der Waals surface area contributed by atoms with E-state index in [-0.39, 0.29) is 94.9 Å². The van der Waals surface area contributed by atoms with Crippen LogP contribution >= 0.6 is 0 Å². The summed E-state index contributed by atoms with van der Waals surface area (Å²) in [6.45, 7) is 43.6. The molecule has 0 amide bonds. The predicted molar refractivity (Wildman–Crippen MR) is 385 cm³/mol. The van der Waals surface area contributed by atoms with Crippen molar-refractivity contribution in [3.05, 3.63) is 157 Å². The smallest absolute Gasteiger partial charge is 0.310 e. The van der Waals surface area contributed by atoms with Gasteiger partial charge in [-0.1, -0.05) is 218 Å². The molecule has 2 aliphatic carbocycles. The van der Waals surface area contributed by atoms with Crippen LogP contribution in [0.4, 0.5) is 0 Å². The molecule has 5 aromatic carbocycles. The maximum absolute atomic E-state index is 14.2. The molecule has 0 unspecified atom stereocenters. The van der Waals surface area contributed by atoms with Crippen molar-refractivity contribution in [3.63, 3.8) is 0 Å². The standard InChI is InChI=1S/C81H110N4O8/c1-21-51-30-32-52(33-31-51)44-81(20,49-92-69(86)38-53-34-55(71(88)61(36-53)77(8,9)10)45-82-65-26-22-24-28-67(65)84-47-57-40-59(75(2,3)4)42-63(73(57)90)79(14,15)16)50-93-70(87)39-54-35-56(72(89)62(37-54)78(11,12)13)46-83-66-27-23-25-29-68(66)85-48-58-41-60(76(5,6)7)43-64(74(58)91)80(17,18)19/h21,30-37,40-43,45-48,65-68,88-91H,1,22-29,38-39,44,49-50H2,2-20H3/t65-,66-,67-,68-,81?/m1/s1. The lowest BCUT2D eigenvalue weighted by molar-refractivity contribution is -0.152. The van der Waals surface area contributed by atoms with Gasteiger partial charge in [0.05, 0.1) is 37.0 Å². The Balaban J connectivity index is 1.09. The molecule has 2 saturated carbocycles. The highest BCUT2D eigenvalue weighted by molar-refractivity contribution is 5.88. The summed E-state index contributed by atoms with van der Waals surface area (Å²) in [7, 11) is 0. The zero-order valence-electron chi connectivity index (χ0n) is 59.7. The molecule has 0 heterocycles. The normalized spacial score (nSPS) is 18.8. The molecule has 0 radical (unpaired) electrons. The lowest BCUT2D eigenvalue weighted by Crippen LogP contribution is -2.34. The molecule has 2 fully saturated rings. The van der Waals surface area contributed by atoms with Crippen LogP contribution in [-0.4, -0.2) is 94.6 Å². The second-order valence-corrected chi connectivity index (χ2v) is 33.1. The van der Waals surface area contributed by atoms with Gasteiger partial charge < -0.3 is 29.9 Å². The van der Waals surface area contributed by atoms with Gasteiger partial charge in [-0.15, -0.1) is 0 Å². The first-order valence-corrected chi connectivity index (χ1v) is 33.8. The number of phenolic OH excluding ortho intramolecular Hbond substituents is 4. The van der Waals surface area contributed by atoms with Crippen molar-refractivity contribution < 1.29 is 39.5 Å². The van der Waals surface area contributed by atoms with Crippen molar-refractivity contribution in [1.29, 1.82) is 0 Å². The summed E-state index contributed by atoms with van der Waals surface area (Å²) in [6.07, 6.45) is 16.4. The Morgan fingerprint density at radius 1 is 0.419 bits per heavy atom. The van der Waals surface area contributed by atoms with E-state index in [2.05, 4.69) is 102 Å². The third kappa shape index (κ3) is 19.6. The van der Waals surface area contributed by atoms with Crippen LogP contribution in [0.25, 0.3) is 6.08 Å². The zero-order valence-corrected chi connectivity index (χ0v) is 59.7. The largest absolute Gasteiger partial charge is 0.507 e. The topological polar surface area (TPSA) is 183 Å². The van der Waals surface area contributed by atoms with E-state index >= 15 is 0 Å². The molecule has 0 spiro atoms. The van der Waals surface area contributed by atoms with Crippen molar-refractivity contribution in [2.24, 2.45) is 25.4 Å². The van der Waals surface area contributed by atoms with Gasteiger partial charge in [0.1, 0.15) is 36.2 Å². The minimum atomic E-state index is -0.849. The fraction of sp³-hybridized carbons (Fsp3) is 0.531. The second-order valence-electron chi connectivity index (χ2n) is 33.1. The molecule has 0 bridgehead atoms. The van der Waals surface area contributed by atoms with Crippen molar-refractivity contribution in [3.8, 4) is 23.0 Å². The first-order valence-electron chi connectivity index (χ1n) is 33.8. The molecule has 7 rings (SSSR count). The van der Waals surface area contributed by atoms with Gasteiger partial charge in [0.15, 0.2) is 0 Å². The first kappa shape index (κ1) is 73.1. The Labute approximate surface area is 557 Å². The number of hydrogen-bond acceptors (Lipinski definition) is 12. The molecule has 12 nitrogen and oxygen atoms in total. The molecule has 0 saturated heterocycles. The summed E-state index contributed by atoms with van der Waals surface area (Å²) in [4.78, 5) is 48.7. The number of nitrogens with zero attached hydrogens (tertiary/aromatic N) is 4. The fourth-order valence-electron chi connectivity index (χ4n) is 12.4. The zero-order chi connectivity index (χ0) is 68.8. The van der Waals surface area contributed by atoms with E-state index in [1.807, 2.05) is 109 Å². The number of carbonyl (C=O) groups is 2. The third-order valence-corrected chi connectivity index (χ3v) is 18.4. The van der Waals surface area contributed by atoms with Gasteiger partial charge >= 0.3 is 11.9 Å². The van der Waals surface area contributed by atoms with E-state index in [1.54, 1.807) is 30.6 Å². The van der Waals surface area contributed by atoms with Crippen LogP contribution in [0.2, 0.25) is 0 Å². The van der Waals surface area contributed by atoms with Crippen LogP contribution in [-0.2, 0) is 70.8 Å². The van der Waals surface area contributed by atoms with Gasteiger partial charge in [0.25, 0.3) is 0 Å². The summed E-state index contributed by atoms with van der Waals surface area (Å²) in [5, 5.41) is 46.8. The molecule has 0 aromatic heterocycles. The van der Waals surface area contributed by atoms with E-state index < -0.39 is 28.2 Å². The first-order chi connectivity index (χ1) is 43.1. The number of hydrogen-bond donors (Lipinski definition) is 4.